The van der Waals surface area contributed by atoms with E-state index in [2.05, 4.69) is 10.0 Å². The minimum absolute atomic E-state index is 0.0755. The number of benzene rings is 2. The molecule has 7 nitrogen and oxygen atoms in total. The number of nitrogens with one attached hydrogen (secondary N) is 2. The zero-order chi connectivity index (χ0) is 19.0. The van der Waals surface area contributed by atoms with Gasteiger partial charge < -0.3 is 14.8 Å². The van der Waals surface area contributed by atoms with Crippen LogP contribution in [0, 0.1) is 5.92 Å². The predicted octanol–water partition coefficient (Wildman–Crippen LogP) is 2.94. The molecule has 2 aromatic carbocycles. The van der Waals surface area contributed by atoms with Crippen molar-refractivity contribution in [2.45, 2.75) is 16.7 Å². The van der Waals surface area contributed by atoms with Crippen LogP contribution < -0.4 is 19.5 Å². The molecular formula is C18H18N2O5S2. The molecule has 2 N–H and O–H groups in total. The summed E-state index contributed by atoms with van der Waals surface area (Å²) in [5.41, 5.74) is 0.889. The fourth-order valence-electron chi connectivity index (χ4n) is 2.77. The van der Waals surface area contributed by atoms with Crippen LogP contribution in [-0.2, 0) is 14.8 Å². The number of anilines is 2. The number of thioether (sulfide) groups is 1. The lowest BCUT2D eigenvalue weighted by atomic mass is 10.2. The molecule has 27 heavy (non-hydrogen) atoms. The van der Waals surface area contributed by atoms with Gasteiger partial charge in [0.1, 0.15) is 13.2 Å². The maximum atomic E-state index is 12.8. The number of carbonyl (C=O) groups excluding carboxylic acids is 1. The van der Waals surface area contributed by atoms with E-state index >= 15 is 0 Å². The standard InChI is InChI=1S/C18H18N2O5S2/c1-11-10-26-17-5-3-13(9-14(17)19-18(11)21)27(22,23)20-12-2-4-15-16(8-12)25-7-6-24-15/h2-5,8-9,11,20H,6-7,10H2,1H3,(H,19,21)/t11-/m0/s1. The Hall–Kier alpha value is -2.39. The van der Waals surface area contributed by atoms with Crippen LogP contribution in [0.5, 0.6) is 11.5 Å². The third kappa shape index (κ3) is 3.70. The molecule has 0 radical (unpaired) electrons. The van der Waals surface area contributed by atoms with Gasteiger partial charge >= 0.3 is 0 Å². The Morgan fingerprint density at radius 3 is 2.70 bits per heavy atom. The molecule has 2 aliphatic rings. The first-order valence-electron chi connectivity index (χ1n) is 8.42. The molecule has 0 bridgehead atoms. The average Bonchev–Trinajstić information content (AvgIpc) is 2.79. The zero-order valence-electron chi connectivity index (χ0n) is 14.5. The van der Waals surface area contributed by atoms with E-state index in [4.69, 9.17) is 9.47 Å². The van der Waals surface area contributed by atoms with Gasteiger partial charge in [0, 0.05) is 22.6 Å². The zero-order valence-corrected chi connectivity index (χ0v) is 16.2. The van der Waals surface area contributed by atoms with Gasteiger partial charge in [-0.2, -0.15) is 0 Å². The van der Waals surface area contributed by atoms with Gasteiger partial charge in [0.2, 0.25) is 5.91 Å². The first-order valence-corrected chi connectivity index (χ1v) is 10.9. The van der Waals surface area contributed by atoms with Crippen molar-refractivity contribution in [2.75, 3.05) is 29.0 Å². The fraction of sp³-hybridized carbons (Fsp3) is 0.278. The summed E-state index contributed by atoms with van der Waals surface area (Å²) < 4.78 is 39.0. The topological polar surface area (TPSA) is 93.7 Å². The SMILES string of the molecule is C[C@H]1CSc2ccc(S(=O)(=O)Nc3ccc4c(c3)OCCO4)cc2NC1=O. The summed E-state index contributed by atoms with van der Waals surface area (Å²) in [6.07, 6.45) is 0. The molecule has 142 valence electrons. The van der Waals surface area contributed by atoms with Crippen LogP contribution in [0.25, 0.3) is 0 Å². The highest BCUT2D eigenvalue weighted by molar-refractivity contribution is 7.99. The highest BCUT2D eigenvalue weighted by atomic mass is 32.2. The van der Waals surface area contributed by atoms with Crippen LogP contribution in [0.15, 0.2) is 46.2 Å². The molecule has 1 atom stereocenters. The molecule has 0 unspecified atom stereocenters. The van der Waals surface area contributed by atoms with Crippen molar-refractivity contribution < 1.29 is 22.7 Å². The molecule has 0 saturated heterocycles. The Morgan fingerprint density at radius 2 is 1.89 bits per heavy atom. The van der Waals surface area contributed by atoms with Gasteiger partial charge in [0.05, 0.1) is 16.3 Å². The van der Waals surface area contributed by atoms with Crippen LogP contribution in [0.3, 0.4) is 0 Å². The summed E-state index contributed by atoms with van der Waals surface area (Å²) in [6, 6.07) is 9.62. The summed E-state index contributed by atoms with van der Waals surface area (Å²) in [5, 5.41) is 2.80. The molecule has 2 heterocycles. The normalized spacial score (nSPS) is 18.9. The molecule has 0 saturated carbocycles. The van der Waals surface area contributed by atoms with Gasteiger partial charge in [0.25, 0.3) is 10.0 Å². The van der Waals surface area contributed by atoms with Crippen molar-refractivity contribution >= 4 is 39.1 Å². The number of sulfonamides is 1. The van der Waals surface area contributed by atoms with Crippen molar-refractivity contribution in [3.8, 4) is 11.5 Å². The van der Waals surface area contributed by atoms with Crippen LogP contribution in [0.1, 0.15) is 6.92 Å². The Bertz CT molecular complexity index is 1010. The van der Waals surface area contributed by atoms with E-state index in [1.165, 1.54) is 23.9 Å². The third-order valence-corrected chi connectivity index (χ3v) is 6.96. The Kier molecular flexibility index (Phi) is 4.65. The van der Waals surface area contributed by atoms with Crippen LogP contribution in [-0.4, -0.2) is 33.3 Å². The van der Waals surface area contributed by atoms with E-state index < -0.39 is 10.0 Å². The molecule has 2 aromatic rings. The highest BCUT2D eigenvalue weighted by Gasteiger charge is 2.23. The second kappa shape index (κ2) is 6.97. The van der Waals surface area contributed by atoms with Gasteiger partial charge in [0.15, 0.2) is 11.5 Å². The van der Waals surface area contributed by atoms with Crippen molar-refractivity contribution in [3.63, 3.8) is 0 Å². The lowest BCUT2D eigenvalue weighted by Gasteiger charge is -2.19. The van der Waals surface area contributed by atoms with Crippen molar-refractivity contribution in [3.05, 3.63) is 36.4 Å². The predicted molar refractivity (Wildman–Crippen MR) is 103 cm³/mol. The number of ether oxygens (including phenoxy) is 2. The molecular weight excluding hydrogens is 388 g/mol. The fourth-order valence-corrected chi connectivity index (χ4v) is 4.85. The number of carbonyl (C=O) groups is 1. The maximum absolute atomic E-state index is 12.8. The second-order valence-corrected chi connectivity index (χ2v) is 9.07. The minimum atomic E-state index is -3.82. The second-order valence-electron chi connectivity index (χ2n) is 6.32. The van der Waals surface area contributed by atoms with E-state index in [0.29, 0.717) is 41.8 Å². The molecule has 0 fully saturated rings. The first-order chi connectivity index (χ1) is 12.9. The van der Waals surface area contributed by atoms with Crippen LogP contribution >= 0.6 is 11.8 Å². The maximum Gasteiger partial charge on any atom is 0.261 e. The molecule has 4 rings (SSSR count). The van der Waals surface area contributed by atoms with Crippen molar-refractivity contribution in [1.82, 2.24) is 0 Å². The van der Waals surface area contributed by atoms with Gasteiger partial charge in [-0.1, -0.05) is 6.92 Å². The Balaban J connectivity index is 1.61. The lowest BCUT2D eigenvalue weighted by molar-refractivity contribution is -0.118. The Morgan fingerprint density at radius 1 is 1.11 bits per heavy atom. The number of hydrogen-bond acceptors (Lipinski definition) is 6. The van der Waals surface area contributed by atoms with Crippen LogP contribution in [0.4, 0.5) is 11.4 Å². The van der Waals surface area contributed by atoms with E-state index in [9.17, 15) is 13.2 Å². The molecule has 0 aromatic heterocycles. The Labute approximate surface area is 161 Å². The minimum Gasteiger partial charge on any atom is -0.486 e. The summed E-state index contributed by atoms with van der Waals surface area (Å²) in [7, 11) is -3.82. The van der Waals surface area contributed by atoms with Gasteiger partial charge in [-0.25, -0.2) is 8.42 Å². The molecule has 0 spiro atoms. The molecule has 0 aliphatic carbocycles. The van der Waals surface area contributed by atoms with Gasteiger partial charge in [-0.3, -0.25) is 9.52 Å². The number of amides is 1. The van der Waals surface area contributed by atoms with E-state index in [1.54, 1.807) is 24.3 Å². The summed E-state index contributed by atoms with van der Waals surface area (Å²) in [6.45, 7) is 2.73. The van der Waals surface area contributed by atoms with Crippen LogP contribution in [0.2, 0.25) is 0 Å². The smallest absolute Gasteiger partial charge is 0.261 e. The van der Waals surface area contributed by atoms with E-state index in [0.717, 1.165) is 4.90 Å². The van der Waals surface area contributed by atoms with E-state index in [-0.39, 0.29) is 16.7 Å². The van der Waals surface area contributed by atoms with Gasteiger partial charge in [-0.05, 0) is 30.3 Å². The van der Waals surface area contributed by atoms with Crippen molar-refractivity contribution in [1.29, 1.82) is 0 Å². The summed E-state index contributed by atoms with van der Waals surface area (Å²) in [5.74, 6) is 1.48. The number of fused-ring (bicyclic) bond motifs is 2. The lowest BCUT2D eigenvalue weighted by Crippen LogP contribution is -2.20. The third-order valence-electron chi connectivity index (χ3n) is 4.25. The average molecular weight is 406 g/mol. The highest BCUT2D eigenvalue weighted by Crippen LogP contribution is 2.36. The quantitative estimate of drug-likeness (QED) is 0.814. The van der Waals surface area contributed by atoms with Gasteiger partial charge in [-0.15, -0.1) is 11.8 Å². The number of rotatable bonds is 3. The molecule has 2 aliphatic heterocycles. The monoisotopic (exact) mass is 406 g/mol. The first kappa shape index (κ1) is 18.0. The number of hydrogen-bond donors (Lipinski definition) is 2. The largest absolute Gasteiger partial charge is 0.486 e. The summed E-state index contributed by atoms with van der Waals surface area (Å²) in [4.78, 5) is 13.0. The molecule has 9 heteroatoms. The molecule has 1 amide bonds. The summed E-state index contributed by atoms with van der Waals surface area (Å²) >= 11 is 1.53. The van der Waals surface area contributed by atoms with E-state index in [1.807, 2.05) is 6.92 Å². The van der Waals surface area contributed by atoms with Crippen molar-refractivity contribution in [2.24, 2.45) is 5.92 Å².